The van der Waals surface area contributed by atoms with Gasteiger partial charge in [-0.2, -0.15) is 0 Å². The quantitative estimate of drug-likeness (QED) is 0.764. The van der Waals surface area contributed by atoms with Gasteiger partial charge < -0.3 is 19.4 Å². The lowest BCUT2D eigenvalue weighted by atomic mass is 10.2. The van der Waals surface area contributed by atoms with Gasteiger partial charge in [-0.3, -0.25) is 9.59 Å². The molecule has 2 heterocycles. The molecule has 0 aliphatic heterocycles. The summed E-state index contributed by atoms with van der Waals surface area (Å²) in [5, 5.41) is 2.72. The lowest BCUT2D eigenvalue weighted by molar-refractivity contribution is 0.102. The van der Waals surface area contributed by atoms with E-state index in [1.165, 1.54) is 29.1 Å². The molecule has 7 nitrogen and oxygen atoms in total. The summed E-state index contributed by atoms with van der Waals surface area (Å²) in [5.41, 5.74) is 0.716. The van der Waals surface area contributed by atoms with E-state index < -0.39 is 0 Å². The van der Waals surface area contributed by atoms with Gasteiger partial charge in [0.05, 0.1) is 24.6 Å². The molecule has 3 aromatic rings. The van der Waals surface area contributed by atoms with E-state index in [0.29, 0.717) is 28.6 Å². The summed E-state index contributed by atoms with van der Waals surface area (Å²) in [5.74, 6) is 1.34. The lowest BCUT2D eigenvalue weighted by Crippen LogP contribution is -2.19. The summed E-state index contributed by atoms with van der Waals surface area (Å²) in [6.45, 7) is 0. The molecule has 0 saturated carbocycles. The van der Waals surface area contributed by atoms with Gasteiger partial charge in [-0.1, -0.05) is 6.07 Å². The number of carbonyl (C=O) groups excluding carboxylic acids is 1. The molecule has 1 aromatic carbocycles. The summed E-state index contributed by atoms with van der Waals surface area (Å²) >= 11 is 0. The highest BCUT2D eigenvalue weighted by atomic mass is 16.5. The Balaban J connectivity index is 1.68. The summed E-state index contributed by atoms with van der Waals surface area (Å²) in [6.07, 6.45) is 2.97. The van der Waals surface area contributed by atoms with Crippen LogP contribution >= 0.6 is 0 Å². The Morgan fingerprint density at radius 2 is 1.92 bits per heavy atom. The van der Waals surface area contributed by atoms with E-state index in [2.05, 4.69) is 10.3 Å². The number of aromatic nitrogens is 2. The van der Waals surface area contributed by atoms with Crippen molar-refractivity contribution in [2.45, 2.75) is 0 Å². The maximum absolute atomic E-state index is 12.2. The van der Waals surface area contributed by atoms with Crippen LogP contribution in [-0.2, 0) is 7.05 Å². The highest BCUT2D eigenvalue weighted by molar-refractivity contribution is 6.03. The van der Waals surface area contributed by atoms with Crippen LogP contribution in [0.15, 0.2) is 65.7 Å². The summed E-state index contributed by atoms with van der Waals surface area (Å²) in [7, 11) is 3.17. The predicted molar refractivity (Wildman–Crippen MR) is 96.9 cm³/mol. The number of nitrogens with zero attached hydrogens (tertiary/aromatic N) is 2. The molecule has 0 unspecified atom stereocenters. The SMILES string of the molecule is COc1cccc(Oc2ccc(NC(=O)c3ccc(=O)n(C)c3)cn2)c1. The van der Waals surface area contributed by atoms with E-state index in [-0.39, 0.29) is 11.5 Å². The second-order valence-corrected chi connectivity index (χ2v) is 5.49. The number of ether oxygens (including phenoxy) is 2. The number of anilines is 1. The van der Waals surface area contributed by atoms with Crippen molar-refractivity contribution in [3.8, 4) is 17.4 Å². The maximum Gasteiger partial charge on any atom is 0.257 e. The smallest absolute Gasteiger partial charge is 0.257 e. The molecule has 1 amide bonds. The molecule has 7 heteroatoms. The first-order chi connectivity index (χ1) is 12.5. The number of rotatable bonds is 5. The van der Waals surface area contributed by atoms with Gasteiger partial charge in [0.1, 0.15) is 11.5 Å². The van der Waals surface area contributed by atoms with Crippen LogP contribution in [0.3, 0.4) is 0 Å². The highest BCUT2D eigenvalue weighted by Gasteiger charge is 2.08. The van der Waals surface area contributed by atoms with E-state index >= 15 is 0 Å². The summed E-state index contributed by atoms with van der Waals surface area (Å²) < 4.78 is 12.1. The molecule has 3 rings (SSSR count). The number of hydrogen-bond donors (Lipinski definition) is 1. The molecule has 132 valence electrons. The van der Waals surface area contributed by atoms with Crippen LogP contribution in [0.2, 0.25) is 0 Å². The average Bonchev–Trinajstić information content (AvgIpc) is 2.65. The Labute approximate surface area is 149 Å². The lowest BCUT2D eigenvalue weighted by Gasteiger charge is -2.08. The minimum absolute atomic E-state index is 0.178. The number of carbonyl (C=O) groups is 1. The van der Waals surface area contributed by atoms with Gasteiger partial charge in [0, 0.05) is 31.4 Å². The molecule has 0 bridgehead atoms. The molecule has 0 radical (unpaired) electrons. The third-order valence-corrected chi connectivity index (χ3v) is 3.61. The van der Waals surface area contributed by atoms with Crippen molar-refractivity contribution in [3.63, 3.8) is 0 Å². The van der Waals surface area contributed by atoms with Crippen LogP contribution < -0.4 is 20.3 Å². The van der Waals surface area contributed by atoms with Crippen LogP contribution in [0, 0.1) is 0 Å². The molecule has 1 N–H and O–H groups in total. The van der Waals surface area contributed by atoms with Crippen LogP contribution in [-0.4, -0.2) is 22.6 Å². The molecular weight excluding hydrogens is 334 g/mol. The minimum Gasteiger partial charge on any atom is -0.497 e. The average molecular weight is 351 g/mol. The molecule has 0 aliphatic carbocycles. The van der Waals surface area contributed by atoms with Crippen LogP contribution in [0.4, 0.5) is 5.69 Å². The van der Waals surface area contributed by atoms with Crippen molar-refractivity contribution in [2.75, 3.05) is 12.4 Å². The van der Waals surface area contributed by atoms with Gasteiger partial charge in [0.15, 0.2) is 0 Å². The van der Waals surface area contributed by atoms with Crippen LogP contribution in [0.5, 0.6) is 17.4 Å². The minimum atomic E-state index is -0.330. The molecule has 0 aliphatic rings. The van der Waals surface area contributed by atoms with Crippen molar-refractivity contribution in [2.24, 2.45) is 7.05 Å². The molecule has 0 atom stereocenters. The van der Waals surface area contributed by atoms with Crippen molar-refractivity contribution < 1.29 is 14.3 Å². The van der Waals surface area contributed by atoms with Crippen LogP contribution in [0.1, 0.15) is 10.4 Å². The molecule has 0 spiro atoms. The molecule has 0 fully saturated rings. The first kappa shape index (κ1) is 17.2. The molecule has 26 heavy (non-hydrogen) atoms. The fraction of sp³-hybridized carbons (Fsp3) is 0.105. The van der Waals surface area contributed by atoms with Gasteiger partial charge in [-0.25, -0.2) is 4.98 Å². The van der Waals surface area contributed by atoms with Gasteiger partial charge in [0.2, 0.25) is 11.4 Å². The Hall–Kier alpha value is -3.61. The van der Waals surface area contributed by atoms with E-state index in [9.17, 15) is 9.59 Å². The van der Waals surface area contributed by atoms with E-state index in [1.807, 2.05) is 12.1 Å². The van der Waals surface area contributed by atoms with Crippen molar-refractivity contribution in [1.29, 1.82) is 0 Å². The maximum atomic E-state index is 12.2. The largest absolute Gasteiger partial charge is 0.497 e. The number of benzene rings is 1. The Morgan fingerprint density at radius 1 is 1.12 bits per heavy atom. The third kappa shape index (κ3) is 4.07. The van der Waals surface area contributed by atoms with Gasteiger partial charge in [0.25, 0.3) is 5.91 Å². The van der Waals surface area contributed by atoms with Gasteiger partial charge >= 0.3 is 0 Å². The number of nitrogens with one attached hydrogen (secondary N) is 1. The van der Waals surface area contributed by atoms with Gasteiger partial charge in [-0.05, 0) is 24.3 Å². The van der Waals surface area contributed by atoms with Crippen LogP contribution in [0.25, 0.3) is 0 Å². The molecular formula is C19H17N3O4. The van der Waals surface area contributed by atoms with E-state index in [0.717, 1.165) is 0 Å². The predicted octanol–water partition coefficient (Wildman–Crippen LogP) is 2.83. The van der Waals surface area contributed by atoms with Crippen molar-refractivity contribution >= 4 is 11.6 Å². The third-order valence-electron chi connectivity index (χ3n) is 3.61. The second-order valence-electron chi connectivity index (χ2n) is 5.49. The number of methoxy groups -OCH3 is 1. The fourth-order valence-corrected chi connectivity index (χ4v) is 2.23. The topological polar surface area (TPSA) is 82.5 Å². The second kappa shape index (κ2) is 7.52. The Bertz CT molecular complexity index is 981. The van der Waals surface area contributed by atoms with E-state index in [1.54, 1.807) is 38.4 Å². The van der Waals surface area contributed by atoms with E-state index in [4.69, 9.17) is 9.47 Å². The molecule has 2 aromatic heterocycles. The zero-order chi connectivity index (χ0) is 18.5. The Kier molecular flexibility index (Phi) is 4.98. The zero-order valence-electron chi connectivity index (χ0n) is 14.3. The normalized spacial score (nSPS) is 10.2. The number of hydrogen-bond acceptors (Lipinski definition) is 5. The highest BCUT2D eigenvalue weighted by Crippen LogP contribution is 2.24. The van der Waals surface area contributed by atoms with Gasteiger partial charge in [-0.15, -0.1) is 0 Å². The summed E-state index contributed by atoms with van der Waals surface area (Å²) in [4.78, 5) is 27.8. The number of amides is 1. The van der Waals surface area contributed by atoms with Crippen molar-refractivity contribution in [1.82, 2.24) is 9.55 Å². The molecule has 0 saturated heterocycles. The number of pyridine rings is 2. The first-order valence-corrected chi connectivity index (χ1v) is 7.81. The number of aryl methyl sites for hydroxylation is 1. The monoisotopic (exact) mass is 351 g/mol. The van der Waals surface area contributed by atoms with Crippen molar-refractivity contribution in [3.05, 3.63) is 76.8 Å². The first-order valence-electron chi connectivity index (χ1n) is 7.81. The fourth-order valence-electron chi connectivity index (χ4n) is 2.23. The standard InChI is InChI=1S/C19H17N3O4/c1-22-12-13(6-9-18(22)23)19(24)21-14-7-8-17(20-11-14)26-16-5-3-4-15(10-16)25-2/h3-12H,1-2H3,(H,21,24). The zero-order valence-corrected chi connectivity index (χ0v) is 14.3. The summed E-state index contributed by atoms with van der Waals surface area (Å²) in [6, 6.07) is 13.3. The Morgan fingerprint density at radius 3 is 2.62 bits per heavy atom.